The van der Waals surface area contributed by atoms with Gasteiger partial charge in [-0.3, -0.25) is 4.79 Å². The Balaban J connectivity index is 1.66. The van der Waals surface area contributed by atoms with Crippen LogP contribution in [0.15, 0.2) is 23.1 Å². The molecule has 0 bridgehead atoms. The van der Waals surface area contributed by atoms with Gasteiger partial charge in [0.1, 0.15) is 5.40 Å². The van der Waals surface area contributed by atoms with Gasteiger partial charge < -0.3 is 10.1 Å². The van der Waals surface area contributed by atoms with Crippen LogP contribution in [0.1, 0.15) is 33.1 Å². The van der Waals surface area contributed by atoms with Gasteiger partial charge in [0.2, 0.25) is 0 Å². The first kappa shape index (κ1) is 20.3. The summed E-state index contributed by atoms with van der Waals surface area (Å²) in [5, 5.41) is 17.6. The summed E-state index contributed by atoms with van der Waals surface area (Å²) in [6.45, 7) is 6.82. The van der Waals surface area contributed by atoms with Gasteiger partial charge in [-0.2, -0.15) is 10.2 Å². The number of amides is 1. The summed E-state index contributed by atoms with van der Waals surface area (Å²) in [4.78, 5) is 33.5. The highest BCUT2D eigenvalue weighted by atomic mass is 32.2. The van der Waals surface area contributed by atoms with Crippen molar-refractivity contribution in [2.75, 3.05) is 11.9 Å². The van der Waals surface area contributed by atoms with E-state index in [9.17, 15) is 9.59 Å². The van der Waals surface area contributed by atoms with Gasteiger partial charge >= 0.3 is 5.97 Å². The molecule has 2 aromatic heterocycles. The molecular weight excluding hydrogens is 392 g/mol. The molecule has 0 radical (unpaired) electrons. The topological polar surface area (TPSA) is 122 Å². The molecule has 2 heterocycles. The molecule has 0 unspecified atom stereocenters. The van der Waals surface area contributed by atoms with E-state index in [1.165, 1.54) is 4.52 Å². The summed E-state index contributed by atoms with van der Waals surface area (Å²) in [6.07, 6.45) is 0. The minimum atomic E-state index is -0.808. The fourth-order valence-electron chi connectivity index (χ4n) is 2.86. The van der Waals surface area contributed by atoms with Crippen LogP contribution in [0.25, 0.3) is 5.78 Å². The lowest BCUT2D eigenvalue weighted by atomic mass is 10.1. The van der Waals surface area contributed by atoms with Crippen molar-refractivity contribution in [2.45, 2.75) is 32.6 Å². The normalized spacial score (nSPS) is 10.6. The lowest BCUT2D eigenvalue weighted by molar-refractivity contribution is -0.119. The molecule has 9 nitrogen and oxygen atoms in total. The van der Waals surface area contributed by atoms with Crippen molar-refractivity contribution in [1.29, 1.82) is 5.26 Å². The average Bonchev–Trinajstić information content (AvgIpc) is 3.07. The number of rotatable bonds is 5. The second-order valence-electron chi connectivity index (χ2n) is 6.44. The minimum absolute atomic E-state index is 0.163. The number of hydrogen-bond donors (Lipinski definition) is 1. The highest BCUT2D eigenvalue weighted by Gasteiger charge is 2.18. The second-order valence-corrected chi connectivity index (χ2v) is 7.29. The number of nitrogens with zero attached hydrogens (tertiary/aromatic N) is 5. The van der Waals surface area contributed by atoms with Gasteiger partial charge in [-0.1, -0.05) is 0 Å². The Morgan fingerprint density at radius 3 is 2.52 bits per heavy atom. The third kappa shape index (κ3) is 4.52. The average molecular weight is 410 g/mol. The predicted octanol–water partition coefficient (Wildman–Crippen LogP) is 2.73. The van der Waals surface area contributed by atoms with Crippen LogP contribution in [-0.4, -0.2) is 38.1 Å². The number of anilines is 1. The number of benzene rings is 1. The Hall–Kier alpha value is -3.45. The highest BCUT2D eigenvalue weighted by Crippen LogP contribution is 2.27. The van der Waals surface area contributed by atoms with Crippen LogP contribution in [0.3, 0.4) is 0 Å². The zero-order chi connectivity index (χ0) is 21.1. The van der Waals surface area contributed by atoms with Crippen molar-refractivity contribution >= 4 is 35.1 Å². The van der Waals surface area contributed by atoms with E-state index >= 15 is 0 Å². The van der Waals surface area contributed by atoms with Crippen molar-refractivity contribution in [1.82, 2.24) is 19.6 Å². The zero-order valence-corrected chi connectivity index (χ0v) is 17.1. The van der Waals surface area contributed by atoms with E-state index in [-0.39, 0.29) is 5.82 Å². The fourth-order valence-corrected chi connectivity index (χ4v) is 3.43. The van der Waals surface area contributed by atoms with Crippen LogP contribution in [-0.2, 0) is 9.53 Å². The number of nitriles is 1. The molecule has 1 aromatic carbocycles. The Morgan fingerprint density at radius 2 is 1.86 bits per heavy atom. The molecule has 1 N–H and O–H groups in total. The summed E-state index contributed by atoms with van der Waals surface area (Å²) in [7, 11) is 0. The number of carbonyl (C=O) groups excluding carboxylic acids is 2. The maximum absolute atomic E-state index is 12.2. The van der Waals surface area contributed by atoms with Gasteiger partial charge in [-0.15, -0.1) is 5.10 Å². The third-order valence-electron chi connectivity index (χ3n) is 4.07. The largest absolute Gasteiger partial charge is 0.450 e. The van der Waals surface area contributed by atoms with Crippen LogP contribution in [0.4, 0.5) is 5.69 Å². The van der Waals surface area contributed by atoms with Crippen molar-refractivity contribution in [3.63, 3.8) is 0 Å². The molecule has 0 saturated heterocycles. The molecule has 3 rings (SSSR count). The fraction of sp³-hybridized carbons (Fsp3) is 0.263. The quantitative estimate of drug-likeness (QED) is 0.387. The molecule has 0 atom stereocenters. The van der Waals surface area contributed by atoms with Crippen LogP contribution in [0.2, 0.25) is 0 Å². The SMILES string of the molecule is Cc1cc(C)n2nc(C(=O)OCC(=O)Nc3c(C)cc(SC#N)cc3C)nc2n1. The van der Waals surface area contributed by atoms with E-state index < -0.39 is 18.5 Å². The molecule has 29 heavy (non-hydrogen) atoms. The second kappa shape index (κ2) is 8.28. The summed E-state index contributed by atoms with van der Waals surface area (Å²) in [6, 6.07) is 5.43. The Kier molecular flexibility index (Phi) is 5.79. The maximum atomic E-state index is 12.2. The molecule has 0 spiro atoms. The first-order valence-electron chi connectivity index (χ1n) is 8.63. The molecule has 0 saturated carbocycles. The molecular formula is C19H18N6O3S. The minimum Gasteiger partial charge on any atom is -0.450 e. The summed E-state index contributed by atoms with van der Waals surface area (Å²) in [5.74, 6) is -1.17. The number of aryl methyl sites for hydroxylation is 4. The van der Waals surface area contributed by atoms with Crippen molar-refractivity contribution < 1.29 is 14.3 Å². The third-order valence-corrected chi connectivity index (χ3v) is 4.63. The molecule has 3 aromatic rings. The number of thioether (sulfide) groups is 1. The first-order valence-corrected chi connectivity index (χ1v) is 9.45. The van der Waals surface area contributed by atoms with Crippen LogP contribution < -0.4 is 5.32 Å². The molecule has 0 aliphatic carbocycles. The molecule has 1 amide bonds. The number of carbonyl (C=O) groups is 2. The zero-order valence-electron chi connectivity index (χ0n) is 16.3. The first-order chi connectivity index (χ1) is 13.8. The number of nitrogens with one attached hydrogen (secondary N) is 1. The van der Waals surface area contributed by atoms with Crippen molar-refractivity contribution in [3.05, 3.63) is 46.5 Å². The van der Waals surface area contributed by atoms with Crippen LogP contribution >= 0.6 is 11.8 Å². The summed E-state index contributed by atoms with van der Waals surface area (Å²) in [5.41, 5.74) is 3.77. The van der Waals surface area contributed by atoms with E-state index in [0.717, 1.165) is 39.2 Å². The number of esters is 1. The standard InChI is InChI=1S/C19H18N6O3S/c1-10-5-14(29-9-20)6-11(2)16(10)22-15(26)8-28-18(27)17-23-19-21-12(3)7-13(4)25(19)24-17/h5-7H,8H2,1-4H3,(H,22,26). The number of thiocyanates is 1. The number of aromatic nitrogens is 4. The van der Waals surface area contributed by atoms with Crippen molar-refractivity contribution in [2.24, 2.45) is 0 Å². The van der Waals surface area contributed by atoms with Gasteiger partial charge in [0, 0.05) is 22.0 Å². The van der Waals surface area contributed by atoms with Gasteiger partial charge in [-0.25, -0.2) is 14.3 Å². The van der Waals surface area contributed by atoms with E-state index in [0.29, 0.717) is 11.5 Å². The van der Waals surface area contributed by atoms with Crippen molar-refractivity contribution in [3.8, 4) is 5.40 Å². The maximum Gasteiger partial charge on any atom is 0.378 e. The van der Waals surface area contributed by atoms with E-state index in [4.69, 9.17) is 10.00 Å². The summed E-state index contributed by atoms with van der Waals surface area (Å²) >= 11 is 1.05. The Bertz CT molecular complexity index is 1140. The molecule has 0 aliphatic heterocycles. The van der Waals surface area contributed by atoms with Gasteiger partial charge in [0.05, 0.1) is 0 Å². The Labute approximate surface area is 171 Å². The van der Waals surface area contributed by atoms with Gasteiger partial charge in [0.25, 0.3) is 17.5 Å². The number of ether oxygens (including phenoxy) is 1. The van der Waals surface area contributed by atoms with Gasteiger partial charge in [0.15, 0.2) is 6.61 Å². The molecule has 0 fully saturated rings. The lowest BCUT2D eigenvalue weighted by Crippen LogP contribution is -2.22. The monoisotopic (exact) mass is 410 g/mol. The number of hydrogen-bond acceptors (Lipinski definition) is 8. The van der Waals surface area contributed by atoms with E-state index in [2.05, 4.69) is 20.4 Å². The van der Waals surface area contributed by atoms with Crippen LogP contribution in [0, 0.1) is 38.4 Å². The van der Waals surface area contributed by atoms with E-state index in [1.54, 1.807) is 12.1 Å². The van der Waals surface area contributed by atoms with Gasteiger partial charge in [-0.05, 0) is 68.8 Å². The molecule has 10 heteroatoms. The Morgan fingerprint density at radius 1 is 1.17 bits per heavy atom. The molecule has 0 aliphatic rings. The molecule has 148 valence electrons. The summed E-state index contributed by atoms with van der Waals surface area (Å²) < 4.78 is 6.48. The predicted molar refractivity (Wildman–Crippen MR) is 107 cm³/mol. The smallest absolute Gasteiger partial charge is 0.378 e. The van der Waals surface area contributed by atoms with E-state index in [1.807, 2.05) is 39.2 Å². The lowest BCUT2D eigenvalue weighted by Gasteiger charge is -2.12. The number of fused-ring (bicyclic) bond motifs is 1. The highest BCUT2D eigenvalue weighted by molar-refractivity contribution is 8.03. The van der Waals surface area contributed by atoms with Crippen LogP contribution in [0.5, 0.6) is 0 Å².